The number of hydrogen-bond acceptors (Lipinski definition) is 7. The number of rotatable bonds is 13. The zero-order chi connectivity index (χ0) is 28.9. The summed E-state index contributed by atoms with van der Waals surface area (Å²) in [4.78, 5) is 32.2. The number of carbonyl (C=O) groups is 2. The Balaban J connectivity index is 1.37. The van der Waals surface area contributed by atoms with E-state index in [0.29, 0.717) is 34.9 Å². The van der Waals surface area contributed by atoms with Crippen molar-refractivity contribution in [2.24, 2.45) is 5.10 Å². The summed E-state index contributed by atoms with van der Waals surface area (Å²) in [6.45, 7) is 2.47. The monoisotopic (exact) mass is 559 g/mol. The number of amides is 2. The number of hydrogen-bond donors (Lipinski definition) is 3. The van der Waals surface area contributed by atoms with Crippen LogP contribution < -0.4 is 20.2 Å². The van der Waals surface area contributed by atoms with E-state index in [-0.39, 0.29) is 25.5 Å². The maximum Gasteiger partial charge on any atom is 0.408 e. The van der Waals surface area contributed by atoms with Crippen LogP contribution in [0, 0.1) is 5.82 Å². The number of imidazole rings is 1. The van der Waals surface area contributed by atoms with Gasteiger partial charge in [-0.25, -0.2) is 19.6 Å². The van der Waals surface area contributed by atoms with Gasteiger partial charge in [0, 0.05) is 18.3 Å². The molecule has 0 radical (unpaired) electrons. The summed E-state index contributed by atoms with van der Waals surface area (Å²) in [5, 5.41) is 6.63. The third-order valence-electron chi connectivity index (χ3n) is 5.74. The van der Waals surface area contributed by atoms with Crippen LogP contribution in [-0.4, -0.2) is 40.8 Å². The van der Waals surface area contributed by atoms with E-state index >= 15 is 0 Å². The second-order valence-electron chi connectivity index (χ2n) is 8.83. The van der Waals surface area contributed by atoms with Crippen molar-refractivity contribution in [3.8, 4) is 11.5 Å². The third-order valence-corrected chi connectivity index (χ3v) is 5.74. The first-order chi connectivity index (χ1) is 20.0. The Morgan fingerprint density at radius 2 is 1.83 bits per heavy atom. The molecule has 0 bridgehead atoms. The SMILES string of the molecule is CCOc1cc(/C=N\NC(=O)[C@H](Cc2cnc[nH]2)NC(=O)OCc2ccccc2)ccc1OCc1cccc(F)c1. The minimum Gasteiger partial charge on any atom is -0.490 e. The molecule has 0 aliphatic heterocycles. The van der Waals surface area contributed by atoms with Gasteiger partial charge >= 0.3 is 6.09 Å². The van der Waals surface area contributed by atoms with Crippen LogP contribution >= 0.6 is 0 Å². The average molecular weight is 560 g/mol. The molecule has 1 atom stereocenters. The second-order valence-corrected chi connectivity index (χ2v) is 8.83. The quantitative estimate of drug-likeness (QED) is 0.163. The first-order valence-electron chi connectivity index (χ1n) is 12.9. The fourth-order valence-corrected chi connectivity index (χ4v) is 3.76. The molecule has 0 spiro atoms. The van der Waals surface area contributed by atoms with Crippen LogP contribution in [0.15, 0.2) is 90.4 Å². The molecule has 41 heavy (non-hydrogen) atoms. The number of nitrogens with zero attached hydrogens (tertiary/aromatic N) is 2. The van der Waals surface area contributed by atoms with E-state index in [1.807, 2.05) is 37.3 Å². The lowest BCUT2D eigenvalue weighted by Gasteiger charge is -2.16. The molecule has 4 rings (SSSR count). The number of alkyl carbamates (subject to hydrolysis) is 1. The van der Waals surface area contributed by atoms with Gasteiger partial charge in [0.2, 0.25) is 0 Å². The highest BCUT2D eigenvalue weighted by Gasteiger charge is 2.22. The van der Waals surface area contributed by atoms with Crippen LogP contribution in [-0.2, 0) is 29.2 Å². The van der Waals surface area contributed by atoms with Gasteiger partial charge < -0.3 is 24.5 Å². The lowest BCUT2D eigenvalue weighted by atomic mass is 10.1. The molecular formula is C30H30FN5O5. The molecule has 0 aliphatic carbocycles. The van der Waals surface area contributed by atoms with Crippen LogP contribution in [0.3, 0.4) is 0 Å². The normalized spacial score (nSPS) is 11.6. The Hall–Kier alpha value is -5.19. The molecule has 212 valence electrons. The van der Waals surface area contributed by atoms with Gasteiger partial charge in [0.15, 0.2) is 11.5 Å². The average Bonchev–Trinajstić information content (AvgIpc) is 3.49. The number of H-pyrrole nitrogens is 1. The van der Waals surface area contributed by atoms with Gasteiger partial charge in [-0.3, -0.25) is 4.79 Å². The predicted molar refractivity (Wildman–Crippen MR) is 150 cm³/mol. The molecule has 4 aromatic rings. The molecule has 2 amide bonds. The number of aromatic nitrogens is 2. The number of aromatic amines is 1. The van der Waals surface area contributed by atoms with E-state index in [2.05, 4.69) is 25.8 Å². The molecule has 0 saturated carbocycles. The number of halogens is 1. The second kappa shape index (κ2) is 14.8. The molecule has 10 nitrogen and oxygen atoms in total. The summed E-state index contributed by atoms with van der Waals surface area (Å²) in [5.74, 6) is 0.0673. The molecule has 1 aromatic heterocycles. The van der Waals surface area contributed by atoms with Crippen LogP contribution in [0.4, 0.5) is 9.18 Å². The minimum absolute atomic E-state index is 0.0628. The number of carbonyl (C=O) groups excluding carboxylic acids is 2. The van der Waals surface area contributed by atoms with E-state index in [9.17, 15) is 14.0 Å². The number of benzene rings is 3. The van der Waals surface area contributed by atoms with Crippen LogP contribution in [0.5, 0.6) is 11.5 Å². The van der Waals surface area contributed by atoms with Crippen molar-refractivity contribution >= 4 is 18.2 Å². The van der Waals surface area contributed by atoms with Crippen LogP contribution in [0.25, 0.3) is 0 Å². The number of nitrogens with one attached hydrogen (secondary N) is 3. The fraction of sp³-hybridized carbons (Fsp3) is 0.200. The molecule has 11 heteroatoms. The summed E-state index contributed by atoms with van der Waals surface area (Å²) >= 11 is 0. The zero-order valence-electron chi connectivity index (χ0n) is 22.4. The van der Waals surface area contributed by atoms with Crippen molar-refractivity contribution in [2.45, 2.75) is 32.6 Å². The van der Waals surface area contributed by atoms with Crippen molar-refractivity contribution in [3.05, 3.63) is 114 Å². The Kier molecular flexibility index (Phi) is 10.4. The van der Waals surface area contributed by atoms with Crippen molar-refractivity contribution in [2.75, 3.05) is 6.61 Å². The molecule has 3 aromatic carbocycles. The molecule has 0 aliphatic rings. The largest absolute Gasteiger partial charge is 0.490 e. The van der Waals surface area contributed by atoms with Crippen LogP contribution in [0.1, 0.15) is 29.3 Å². The lowest BCUT2D eigenvalue weighted by molar-refractivity contribution is -0.123. The maximum absolute atomic E-state index is 13.5. The van der Waals surface area contributed by atoms with Crippen molar-refractivity contribution < 1.29 is 28.2 Å². The van der Waals surface area contributed by atoms with Gasteiger partial charge in [0.05, 0.1) is 19.1 Å². The van der Waals surface area contributed by atoms with Crippen molar-refractivity contribution in [1.82, 2.24) is 20.7 Å². The standard InChI is InChI=1S/C30H30FN5O5/c1-2-39-28-14-22(11-12-27(28)40-19-23-9-6-10-24(31)13-23)16-34-36-29(37)26(15-25-17-32-20-33-25)35-30(38)41-18-21-7-4-3-5-8-21/h3-14,16-17,20,26H,2,15,18-19H2,1H3,(H,32,33)(H,35,38)(H,36,37)/b34-16-/t26-/m0/s1. The highest BCUT2D eigenvalue weighted by molar-refractivity contribution is 5.87. The number of hydrazone groups is 1. The maximum atomic E-state index is 13.5. The van der Waals surface area contributed by atoms with E-state index in [4.69, 9.17) is 14.2 Å². The molecule has 3 N–H and O–H groups in total. The highest BCUT2D eigenvalue weighted by Crippen LogP contribution is 2.29. The Morgan fingerprint density at radius 1 is 1.00 bits per heavy atom. The molecule has 0 saturated heterocycles. The molecule has 1 heterocycles. The summed E-state index contributed by atoms with van der Waals surface area (Å²) < 4.78 is 30.3. The first kappa shape index (κ1) is 28.8. The van der Waals surface area contributed by atoms with E-state index in [1.54, 1.807) is 36.5 Å². The minimum atomic E-state index is -0.978. The van der Waals surface area contributed by atoms with Crippen molar-refractivity contribution in [3.63, 3.8) is 0 Å². The highest BCUT2D eigenvalue weighted by atomic mass is 19.1. The zero-order valence-corrected chi connectivity index (χ0v) is 22.4. The van der Waals surface area contributed by atoms with Gasteiger partial charge in [0.1, 0.15) is 25.1 Å². The van der Waals surface area contributed by atoms with Gasteiger partial charge in [-0.2, -0.15) is 5.10 Å². The fourth-order valence-electron chi connectivity index (χ4n) is 3.76. The Labute approximate surface area is 236 Å². The summed E-state index contributed by atoms with van der Waals surface area (Å²) in [6.07, 6.45) is 3.89. The van der Waals surface area contributed by atoms with Crippen molar-refractivity contribution in [1.29, 1.82) is 0 Å². The van der Waals surface area contributed by atoms with Gasteiger partial charge in [-0.05, 0) is 53.9 Å². The topological polar surface area (TPSA) is 127 Å². The predicted octanol–water partition coefficient (Wildman–Crippen LogP) is 4.51. The Bertz CT molecular complexity index is 1450. The molecular weight excluding hydrogens is 529 g/mol. The summed E-state index contributed by atoms with van der Waals surface area (Å²) in [7, 11) is 0. The first-order valence-corrected chi connectivity index (χ1v) is 12.9. The summed E-state index contributed by atoms with van der Waals surface area (Å²) in [5.41, 5.74) is 5.24. The van der Waals surface area contributed by atoms with Gasteiger partial charge in [-0.1, -0.05) is 42.5 Å². The van der Waals surface area contributed by atoms with E-state index in [1.165, 1.54) is 24.7 Å². The lowest BCUT2D eigenvalue weighted by Crippen LogP contribution is -2.47. The van der Waals surface area contributed by atoms with E-state index in [0.717, 1.165) is 5.56 Å². The van der Waals surface area contributed by atoms with E-state index < -0.39 is 18.0 Å². The summed E-state index contributed by atoms with van der Waals surface area (Å²) in [6, 6.07) is 19.5. The van der Waals surface area contributed by atoms with Gasteiger partial charge in [-0.15, -0.1) is 0 Å². The third kappa shape index (κ3) is 9.20. The number of ether oxygens (including phenoxy) is 3. The molecule has 0 fully saturated rings. The Morgan fingerprint density at radius 3 is 2.59 bits per heavy atom. The molecule has 0 unspecified atom stereocenters. The smallest absolute Gasteiger partial charge is 0.408 e. The van der Waals surface area contributed by atoms with Crippen LogP contribution in [0.2, 0.25) is 0 Å². The van der Waals surface area contributed by atoms with Gasteiger partial charge in [0.25, 0.3) is 5.91 Å².